The number of hydrogen-bond donors (Lipinski definition) is 2. The Morgan fingerprint density at radius 1 is 1.36 bits per heavy atom. The van der Waals surface area contributed by atoms with Crippen molar-refractivity contribution in [3.05, 3.63) is 12.7 Å². The zero-order valence-electron chi connectivity index (χ0n) is 13.5. The zero-order chi connectivity index (χ0) is 15.1. The molecule has 2 rings (SSSR count). The van der Waals surface area contributed by atoms with Crippen LogP contribution in [0, 0.1) is 5.92 Å². The van der Waals surface area contributed by atoms with Gasteiger partial charge in [0.05, 0.1) is 6.54 Å². The second-order valence-electron chi connectivity index (χ2n) is 5.90. The fraction of sp³-hybridized carbons (Fsp3) is 0.750. The lowest BCUT2D eigenvalue weighted by molar-refractivity contribution is -0.134. The van der Waals surface area contributed by atoms with Gasteiger partial charge in [0.1, 0.15) is 0 Å². The minimum Gasteiger partial charge on any atom is -0.357 e. The molecule has 2 fully saturated rings. The van der Waals surface area contributed by atoms with Crippen molar-refractivity contribution in [2.24, 2.45) is 10.9 Å². The van der Waals surface area contributed by atoms with Crippen LogP contribution in [0.5, 0.6) is 0 Å². The van der Waals surface area contributed by atoms with Gasteiger partial charge in [-0.3, -0.25) is 4.79 Å². The Balaban J connectivity index is 0.00000242. The Morgan fingerprint density at radius 2 is 2.09 bits per heavy atom. The van der Waals surface area contributed by atoms with Gasteiger partial charge in [0.15, 0.2) is 5.96 Å². The van der Waals surface area contributed by atoms with Crippen molar-refractivity contribution in [2.75, 3.05) is 26.2 Å². The van der Waals surface area contributed by atoms with Crippen molar-refractivity contribution >= 4 is 35.8 Å². The van der Waals surface area contributed by atoms with E-state index in [1.54, 1.807) is 6.08 Å². The van der Waals surface area contributed by atoms with Crippen LogP contribution in [0.1, 0.15) is 39.0 Å². The highest BCUT2D eigenvalue weighted by Gasteiger charge is 2.32. The summed E-state index contributed by atoms with van der Waals surface area (Å²) in [6.45, 7) is 8.85. The smallest absolute Gasteiger partial charge is 0.225 e. The van der Waals surface area contributed by atoms with E-state index in [0.717, 1.165) is 44.9 Å². The van der Waals surface area contributed by atoms with Crippen LogP contribution in [0.25, 0.3) is 0 Å². The lowest BCUT2D eigenvalue weighted by Gasteiger charge is -2.21. The van der Waals surface area contributed by atoms with E-state index >= 15 is 0 Å². The van der Waals surface area contributed by atoms with Gasteiger partial charge in [0.25, 0.3) is 0 Å². The molecule has 1 heterocycles. The van der Waals surface area contributed by atoms with E-state index in [1.165, 1.54) is 12.8 Å². The molecule has 0 aromatic carbocycles. The standard InChI is InChI=1S/C16H28N4O.HI/c1-3-10-18-16(17-4-2)19-14-9-11-20(12-14)15(21)13-7-5-6-8-13;/h3,13-14H,1,4-12H2,2H3,(H2,17,18,19);1H. The maximum absolute atomic E-state index is 12.4. The SMILES string of the molecule is C=CCN=C(NCC)NC1CCN(C(=O)C2CCCC2)C1.I. The van der Waals surface area contributed by atoms with Gasteiger partial charge in [-0.25, -0.2) is 4.99 Å². The van der Waals surface area contributed by atoms with Gasteiger partial charge in [0.2, 0.25) is 5.91 Å². The number of nitrogens with one attached hydrogen (secondary N) is 2. The molecule has 0 aromatic heterocycles. The second kappa shape index (κ2) is 10.1. The molecule has 1 saturated heterocycles. The predicted octanol–water partition coefficient (Wildman–Crippen LogP) is 2.14. The first-order valence-corrected chi connectivity index (χ1v) is 8.19. The quantitative estimate of drug-likeness (QED) is 0.310. The molecule has 5 nitrogen and oxygen atoms in total. The molecule has 0 spiro atoms. The van der Waals surface area contributed by atoms with Crippen molar-refractivity contribution < 1.29 is 4.79 Å². The topological polar surface area (TPSA) is 56.7 Å². The normalized spacial score (nSPS) is 22.3. The summed E-state index contributed by atoms with van der Waals surface area (Å²) in [7, 11) is 0. The largest absolute Gasteiger partial charge is 0.357 e. The molecule has 1 saturated carbocycles. The average Bonchev–Trinajstić information content (AvgIpc) is 3.15. The molecule has 1 atom stereocenters. The third-order valence-corrected chi connectivity index (χ3v) is 4.27. The van der Waals surface area contributed by atoms with E-state index in [1.807, 2.05) is 4.90 Å². The molecule has 1 aliphatic carbocycles. The van der Waals surface area contributed by atoms with Crippen LogP contribution in [-0.4, -0.2) is 49.0 Å². The van der Waals surface area contributed by atoms with Crippen LogP contribution < -0.4 is 10.6 Å². The number of nitrogens with zero attached hydrogens (tertiary/aromatic N) is 2. The van der Waals surface area contributed by atoms with Gasteiger partial charge in [-0.1, -0.05) is 18.9 Å². The third-order valence-electron chi connectivity index (χ3n) is 4.27. The molecule has 6 heteroatoms. The Morgan fingerprint density at radius 3 is 2.73 bits per heavy atom. The van der Waals surface area contributed by atoms with E-state index in [0.29, 0.717) is 18.5 Å². The summed E-state index contributed by atoms with van der Waals surface area (Å²) >= 11 is 0. The highest BCUT2D eigenvalue weighted by atomic mass is 127. The van der Waals surface area contributed by atoms with Crippen molar-refractivity contribution in [1.29, 1.82) is 0 Å². The number of aliphatic imine (C=N–C) groups is 1. The molecule has 1 amide bonds. The Bertz CT molecular complexity index is 394. The van der Waals surface area contributed by atoms with Crippen LogP contribution in [0.2, 0.25) is 0 Å². The van der Waals surface area contributed by atoms with Crippen molar-refractivity contribution in [3.63, 3.8) is 0 Å². The minimum absolute atomic E-state index is 0. The van der Waals surface area contributed by atoms with Crippen LogP contribution in [0.3, 0.4) is 0 Å². The monoisotopic (exact) mass is 420 g/mol. The van der Waals surface area contributed by atoms with E-state index in [2.05, 4.69) is 29.1 Å². The first-order chi connectivity index (χ1) is 10.2. The van der Waals surface area contributed by atoms with E-state index < -0.39 is 0 Å². The van der Waals surface area contributed by atoms with Crippen LogP contribution in [0.4, 0.5) is 0 Å². The number of hydrogen-bond acceptors (Lipinski definition) is 2. The second-order valence-corrected chi connectivity index (χ2v) is 5.90. The van der Waals surface area contributed by atoms with Gasteiger partial charge in [-0.15, -0.1) is 30.6 Å². The summed E-state index contributed by atoms with van der Waals surface area (Å²) in [5.74, 6) is 1.47. The maximum atomic E-state index is 12.4. The number of carbonyl (C=O) groups excluding carboxylic acids is 1. The van der Waals surface area contributed by atoms with E-state index in [4.69, 9.17) is 0 Å². The number of guanidine groups is 1. The summed E-state index contributed by atoms with van der Waals surface area (Å²) in [5, 5.41) is 6.66. The Hall–Kier alpha value is -0.790. The zero-order valence-corrected chi connectivity index (χ0v) is 15.8. The molecular formula is C16H29IN4O. The number of likely N-dealkylation sites (tertiary alicyclic amines) is 1. The van der Waals surface area contributed by atoms with Crippen LogP contribution >= 0.6 is 24.0 Å². The molecule has 126 valence electrons. The summed E-state index contributed by atoms with van der Waals surface area (Å²) in [6.07, 6.45) is 7.36. The highest BCUT2D eigenvalue weighted by molar-refractivity contribution is 14.0. The van der Waals surface area contributed by atoms with Crippen molar-refractivity contribution in [2.45, 2.75) is 45.1 Å². The van der Waals surface area contributed by atoms with Gasteiger partial charge >= 0.3 is 0 Å². The molecule has 2 aliphatic rings. The third kappa shape index (κ3) is 5.44. The summed E-state index contributed by atoms with van der Waals surface area (Å²) < 4.78 is 0. The number of halogens is 1. The van der Waals surface area contributed by atoms with Crippen LogP contribution in [0.15, 0.2) is 17.6 Å². The van der Waals surface area contributed by atoms with Crippen molar-refractivity contribution in [1.82, 2.24) is 15.5 Å². The van der Waals surface area contributed by atoms with Gasteiger partial charge < -0.3 is 15.5 Å². The molecule has 0 bridgehead atoms. The number of rotatable bonds is 5. The lowest BCUT2D eigenvalue weighted by Crippen LogP contribution is -2.45. The number of carbonyl (C=O) groups is 1. The number of amides is 1. The first-order valence-electron chi connectivity index (χ1n) is 8.19. The molecular weight excluding hydrogens is 391 g/mol. The predicted molar refractivity (Wildman–Crippen MR) is 102 cm³/mol. The molecule has 1 unspecified atom stereocenters. The van der Waals surface area contributed by atoms with Gasteiger partial charge in [-0.05, 0) is 26.2 Å². The van der Waals surface area contributed by atoms with E-state index in [9.17, 15) is 4.79 Å². The Kier molecular flexibility index (Phi) is 8.82. The summed E-state index contributed by atoms with van der Waals surface area (Å²) in [6, 6.07) is 0.304. The lowest BCUT2D eigenvalue weighted by atomic mass is 10.1. The molecule has 0 radical (unpaired) electrons. The molecule has 0 aromatic rings. The molecule has 1 aliphatic heterocycles. The van der Waals surface area contributed by atoms with E-state index in [-0.39, 0.29) is 29.9 Å². The van der Waals surface area contributed by atoms with Crippen molar-refractivity contribution in [3.8, 4) is 0 Å². The Labute approximate surface area is 151 Å². The highest BCUT2D eigenvalue weighted by Crippen LogP contribution is 2.27. The van der Waals surface area contributed by atoms with Gasteiger partial charge in [-0.2, -0.15) is 0 Å². The first kappa shape index (κ1) is 19.3. The minimum atomic E-state index is 0. The fourth-order valence-electron chi connectivity index (χ4n) is 3.18. The average molecular weight is 420 g/mol. The molecule has 22 heavy (non-hydrogen) atoms. The molecule has 2 N–H and O–H groups in total. The van der Waals surface area contributed by atoms with Crippen LogP contribution in [-0.2, 0) is 4.79 Å². The fourth-order valence-corrected chi connectivity index (χ4v) is 3.18. The van der Waals surface area contributed by atoms with Gasteiger partial charge in [0, 0.05) is 31.6 Å². The maximum Gasteiger partial charge on any atom is 0.225 e. The summed E-state index contributed by atoms with van der Waals surface area (Å²) in [5.41, 5.74) is 0. The summed E-state index contributed by atoms with van der Waals surface area (Å²) in [4.78, 5) is 18.9.